The highest BCUT2D eigenvalue weighted by Gasteiger charge is 2.19. The molecule has 0 aliphatic carbocycles. The van der Waals surface area contributed by atoms with Crippen molar-refractivity contribution in [1.82, 2.24) is 9.97 Å². The van der Waals surface area contributed by atoms with Gasteiger partial charge in [-0.2, -0.15) is 0 Å². The van der Waals surface area contributed by atoms with Crippen molar-refractivity contribution < 1.29 is 18.3 Å². The van der Waals surface area contributed by atoms with Crippen LogP contribution in [0.15, 0.2) is 53.7 Å². The Bertz CT molecular complexity index is 979. The number of aromatic nitrogens is 2. The van der Waals surface area contributed by atoms with E-state index in [0.717, 1.165) is 0 Å². The summed E-state index contributed by atoms with van der Waals surface area (Å²) >= 11 is 0. The Labute approximate surface area is 132 Å². The summed E-state index contributed by atoms with van der Waals surface area (Å²) in [6, 6.07) is 9.61. The molecule has 118 valence electrons. The van der Waals surface area contributed by atoms with E-state index < -0.39 is 16.0 Å². The van der Waals surface area contributed by atoms with Gasteiger partial charge < -0.3 is 10.1 Å². The molecule has 0 unspecified atom stereocenters. The minimum atomic E-state index is -3.81. The van der Waals surface area contributed by atoms with E-state index in [9.17, 15) is 13.2 Å². The summed E-state index contributed by atoms with van der Waals surface area (Å²) < 4.78 is 27.5. The van der Waals surface area contributed by atoms with Crippen LogP contribution in [0.1, 0.15) is 5.56 Å². The number of nitrogens with one attached hydrogen (secondary N) is 2. The molecule has 0 radical (unpaired) electrons. The molecule has 3 rings (SSSR count). The Kier molecular flexibility index (Phi) is 3.75. The summed E-state index contributed by atoms with van der Waals surface area (Å²) in [5.74, 6) is -0.979. The number of nitrogens with zero attached hydrogens (tertiary/aromatic N) is 1. The maximum Gasteiger partial charge on any atom is 0.307 e. The molecule has 0 aliphatic heterocycles. The van der Waals surface area contributed by atoms with Gasteiger partial charge in [0, 0.05) is 23.5 Å². The highest BCUT2D eigenvalue weighted by molar-refractivity contribution is 7.93. The Morgan fingerprint density at radius 3 is 2.87 bits per heavy atom. The second kappa shape index (κ2) is 5.73. The Morgan fingerprint density at radius 1 is 1.26 bits per heavy atom. The van der Waals surface area contributed by atoms with Crippen LogP contribution in [-0.4, -0.2) is 29.5 Å². The van der Waals surface area contributed by atoms with Gasteiger partial charge >= 0.3 is 5.97 Å². The number of hydrogen-bond donors (Lipinski definition) is 3. The number of aromatic amines is 1. The zero-order valence-electron chi connectivity index (χ0n) is 11.9. The molecule has 3 aromatic rings. The second-order valence-electron chi connectivity index (χ2n) is 4.93. The summed E-state index contributed by atoms with van der Waals surface area (Å²) in [5, 5.41) is 9.30. The molecule has 0 saturated carbocycles. The Morgan fingerprint density at radius 2 is 2.09 bits per heavy atom. The van der Waals surface area contributed by atoms with Crippen LogP contribution >= 0.6 is 0 Å². The van der Waals surface area contributed by atoms with E-state index >= 15 is 0 Å². The van der Waals surface area contributed by atoms with Crippen LogP contribution in [0.3, 0.4) is 0 Å². The zero-order chi connectivity index (χ0) is 16.4. The lowest BCUT2D eigenvalue weighted by atomic mass is 10.1. The zero-order valence-corrected chi connectivity index (χ0v) is 12.7. The van der Waals surface area contributed by atoms with Crippen molar-refractivity contribution in [1.29, 1.82) is 0 Å². The highest BCUT2D eigenvalue weighted by atomic mass is 32.2. The van der Waals surface area contributed by atoms with Crippen molar-refractivity contribution in [2.75, 3.05) is 4.72 Å². The summed E-state index contributed by atoms with van der Waals surface area (Å²) in [6.45, 7) is 0. The summed E-state index contributed by atoms with van der Waals surface area (Å²) in [5.41, 5.74) is 1.30. The first-order valence-electron chi connectivity index (χ1n) is 6.71. The third-order valence-corrected chi connectivity index (χ3v) is 4.66. The van der Waals surface area contributed by atoms with Crippen LogP contribution in [0.25, 0.3) is 11.0 Å². The fraction of sp³-hybridized carbons (Fsp3) is 0.0667. The maximum absolute atomic E-state index is 12.5. The number of anilines is 1. The third kappa shape index (κ3) is 3.16. The van der Waals surface area contributed by atoms with Gasteiger partial charge in [-0.15, -0.1) is 0 Å². The van der Waals surface area contributed by atoms with E-state index in [0.29, 0.717) is 22.3 Å². The van der Waals surface area contributed by atoms with Gasteiger partial charge in [-0.25, -0.2) is 13.4 Å². The average Bonchev–Trinajstić information content (AvgIpc) is 2.91. The van der Waals surface area contributed by atoms with Crippen molar-refractivity contribution in [2.24, 2.45) is 0 Å². The Hall–Kier alpha value is -2.87. The molecular formula is C15H13N3O4S. The Balaban J connectivity index is 1.94. The van der Waals surface area contributed by atoms with Gasteiger partial charge in [0.1, 0.15) is 10.5 Å². The van der Waals surface area contributed by atoms with E-state index in [2.05, 4.69) is 14.7 Å². The fourth-order valence-corrected chi connectivity index (χ4v) is 3.50. The number of H-pyrrole nitrogens is 1. The van der Waals surface area contributed by atoms with Gasteiger partial charge in [0.05, 0.1) is 6.42 Å². The molecule has 2 heterocycles. The normalized spacial score (nSPS) is 11.5. The molecule has 2 aromatic heterocycles. The van der Waals surface area contributed by atoms with Gasteiger partial charge in [0.2, 0.25) is 0 Å². The van der Waals surface area contributed by atoms with Gasteiger partial charge in [-0.05, 0) is 29.8 Å². The maximum atomic E-state index is 12.5. The molecule has 0 atom stereocenters. The van der Waals surface area contributed by atoms with Gasteiger partial charge in [0.15, 0.2) is 0 Å². The smallest absolute Gasteiger partial charge is 0.307 e. The first-order chi connectivity index (χ1) is 11.0. The largest absolute Gasteiger partial charge is 0.481 e. The average molecular weight is 331 g/mol. The number of carbonyl (C=O) groups is 1. The number of carboxylic acids is 1. The van der Waals surface area contributed by atoms with Crippen LogP contribution in [0, 0.1) is 0 Å². The van der Waals surface area contributed by atoms with Gasteiger partial charge in [-0.3, -0.25) is 9.52 Å². The number of sulfonamides is 1. The lowest BCUT2D eigenvalue weighted by Gasteiger charge is -2.08. The molecule has 0 aliphatic rings. The fourth-order valence-electron chi connectivity index (χ4n) is 2.28. The van der Waals surface area contributed by atoms with Crippen molar-refractivity contribution >= 4 is 32.7 Å². The molecule has 7 nitrogen and oxygen atoms in total. The van der Waals surface area contributed by atoms with E-state index in [1.807, 2.05) is 0 Å². The monoisotopic (exact) mass is 331 g/mol. The summed E-state index contributed by atoms with van der Waals surface area (Å²) in [4.78, 5) is 17.7. The molecule has 8 heteroatoms. The highest BCUT2D eigenvalue weighted by Crippen LogP contribution is 2.23. The molecule has 3 N–H and O–H groups in total. The number of rotatable bonds is 5. The van der Waals surface area contributed by atoms with E-state index in [1.165, 1.54) is 12.3 Å². The van der Waals surface area contributed by atoms with Crippen LogP contribution < -0.4 is 4.72 Å². The van der Waals surface area contributed by atoms with E-state index in [1.54, 1.807) is 36.5 Å². The second-order valence-corrected chi connectivity index (χ2v) is 6.58. The summed E-state index contributed by atoms with van der Waals surface area (Å²) in [7, 11) is -3.81. The van der Waals surface area contributed by atoms with Crippen LogP contribution in [0.4, 0.5) is 5.69 Å². The van der Waals surface area contributed by atoms with E-state index in [4.69, 9.17) is 5.11 Å². The number of fused-ring (bicyclic) bond motifs is 1. The van der Waals surface area contributed by atoms with Crippen LogP contribution in [-0.2, 0) is 21.2 Å². The molecule has 23 heavy (non-hydrogen) atoms. The lowest BCUT2D eigenvalue weighted by Crippen LogP contribution is -2.13. The molecule has 0 saturated heterocycles. The van der Waals surface area contributed by atoms with Gasteiger partial charge in [0.25, 0.3) is 10.0 Å². The SMILES string of the molecule is O=C(O)Cc1cccc(NS(=O)(=O)c2c[nH]c3ncccc23)c1. The molecule has 0 fully saturated rings. The number of hydrogen-bond acceptors (Lipinski definition) is 4. The van der Waals surface area contributed by atoms with Crippen molar-refractivity contribution in [2.45, 2.75) is 11.3 Å². The third-order valence-electron chi connectivity index (χ3n) is 3.24. The molecular weight excluding hydrogens is 318 g/mol. The van der Waals surface area contributed by atoms with Crippen LogP contribution in [0.5, 0.6) is 0 Å². The van der Waals surface area contributed by atoms with Crippen LogP contribution in [0.2, 0.25) is 0 Å². The number of benzene rings is 1. The number of carboxylic acid groups (broad SMARTS) is 1. The van der Waals surface area contributed by atoms with Crippen molar-refractivity contribution in [3.8, 4) is 0 Å². The minimum Gasteiger partial charge on any atom is -0.481 e. The molecule has 0 spiro atoms. The molecule has 1 aromatic carbocycles. The molecule has 0 bridgehead atoms. The predicted molar refractivity (Wildman–Crippen MR) is 84.7 cm³/mol. The van der Waals surface area contributed by atoms with Crippen molar-refractivity contribution in [3.63, 3.8) is 0 Å². The lowest BCUT2D eigenvalue weighted by molar-refractivity contribution is -0.136. The number of pyridine rings is 1. The standard InChI is InChI=1S/C15H13N3O4S/c19-14(20)8-10-3-1-4-11(7-10)18-23(21,22)13-9-17-15-12(13)5-2-6-16-15/h1-7,9,18H,8H2,(H,16,17)(H,19,20). The predicted octanol–water partition coefficient (Wildman–Crippen LogP) is 1.99. The quantitative estimate of drug-likeness (QED) is 0.662. The molecule has 0 amide bonds. The van der Waals surface area contributed by atoms with Crippen molar-refractivity contribution in [3.05, 3.63) is 54.4 Å². The summed E-state index contributed by atoms with van der Waals surface area (Å²) in [6.07, 6.45) is 2.77. The van der Waals surface area contributed by atoms with E-state index in [-0.39, 0.29) is 11.3 Å². The van der Waals surface area contributed by atoms with Gasteiger partial charge in [-0.1, -0.05) is 12.1 Å². The minimum absolute atomic E-state index is 0.0873. The first-order valence-corrected chi connectivity index (χ1v) is 8.20. The topological polar surface area (TPSA) is 112 Å². The number of aliphatic carboxylic acids is 1. The first kappa shape index (κ1) is 15.0.